The van der Waals surface area contributed by atoms with E-state index in [4.69, 9.17) is 9.84 Å². The molecule has 0 bridgehead atoms. The molecule has 2 rings (SSSR count). The lowest BCUT2D eigenvalue weighted by atomic mass is 10.0. The van der Waals surface area contributed by atoms with Crippen molar-refractivity contribution in [2.75, 3.05) is 13.2 Å². The van der Waals surface area contributed by atoms with E-state index in [1.54, 1.807) is 30.2 Å². The third-order valence-electron chi connectivity index (χ3n) is 3.62. The average Bonchev–Trinajstić information content (AvgIpc) is 2.81. The second kappa shape index (κ2) is 5.90. The predicted molar refractivity (Wildman–Crippen MR) is 71.6 cm³/mol. The molecule has 0 aromatic carbocycles. The number of aliphatic carboxylic acids is 1. The minimum Gasteiger partial charge on any atom is -0.481 e. The fourth-order valence-corrected chi connectivity index (χ4v) is 2.52. The third kappa shape index (κ3) is 2.59. The van der Waals surface area contributed by atoms with E-state index in [1.807, 2.05) is 6.92 Å². The predicted octanol–water partition coefficient (Wildman–Crippen LogP) is 1.42. The Morgan fingerprint density at radius 3 is 2.90 bits per heavy atom. The van der Waals surface area contributed by atoms with Gasteiger partial charge in [0.15, 0.2) is 0 Å². The Kier molecular flexibility index (Phi) is 4.22. The number of nitrogens with zero attached hydrogens (tertiary/aromatic N) is 2. The van der Waals surface area contributed by atoms with E-state index < -0.39 is 11.9 Å². The zero-order valence-electron chi connectivity index (χ0n) is 11.6. The van der Waals surface area contributed by atoms with Gasteiger partial charge in [0.05, 0.1) is 12.5 Å². The first-order chi connectivity index (χ1) is 9.56. The van der Waals surface area contributed by atoms with E-state index >= 15 is 0 Å². The molecule has 1 amide bonds. The summed E-state index contributed by atoms with van der Waals surface area (Å²) in [5, 5.41) is 9.12. The largest absolute Gasteiger partial charge is 0.481 e. The molecule has 1 aliphatic rings. The Bertz CT molecular complexity index is 518. The molecule has 0 radical (unpaired) electrons. The van der Waals surface area contributed by atoms with Crippen molar-refractivity contribution < 1.29 is 19.4 Å². The first kappa shape index (κ1) is 14.3. The van der Waals surface area contributed by atoms with Crippen molar-refractivity contribution in [3.63, 3.8) is 0 Å². The molecule has 1 saturated heterocycles. The molecule has 6 nitrogen and oxygen atoms in total. The Balaban J connectivity index is 2.22. The highest BCUT2D eigenvalue weighted by molar-refractivity contribution is 5.97. The number of pyridine rings is 1. The fourth-order valence-electron chi connectivity index (χ4n) is 2.52. The molecule has 2 unspecified atom stereocenters. The standard InChI is InChI=1S/C14H18N2O4/c1-3-20-12-11(5-4-7-15-12)13(17)16-8-6-10(9(16)2)14(18)19/h4-5,7,9-10H,3,6,8H2,1-2H3,(H,18,19). The van der Waals surface area contributed by atoms with Gasteiger partial charge in [0.1, 0.15) is 5.56 Å². The van der Waals surface area contributed by atoms with Crippen molar-refractivity contribution in [2.24, 2.45) is 5.92 Å². The summed E-state index contributed by atoms with van der Waals surface area (Å²) in [7, 11) is 0. The molecule has 1 aromatic rings. The number of carbonyl (C=O) groups excluding carboxylic acids is 1. The maximum absolute atomic E-state index is 12.5. The number of likely N-dealkylation sites (tertiary alicyclic amines) is 1. The smallest absolute Gasteiger partial charge is 0.308 e. The summed E-state index contributed by atoms with van der Waals surface area (Å²) in [6, 6.07) is 3.00. The normalized spacial score (nSPS) is 21.8. The number of aromatic nitrogens is 1. The van der Waals surface area contributed by atoms with Gasteiger partial charge < -0.3 is 14.7 Å². The van der Waals surface area contributed by atoms with Gasteiger partial charge >= 0.3 is 5.97 Å². The van der Waals surface area contributed by atoms with Crippen LogP contribution in [0.2, 0.25) is 0 Å². The van der Waals surface area contributed by atoms with Crippen molar-refractivity contribution in [3.8, 4) is 5.88 Å². The number of amides is 1. The van der Waals surface area contributed by atoms with Gasteiger partial charge in [0, 0.05) is 18.8 Å². The summed E-state index contributed by atoms with van der Waals surface area (Å²) < 4.78 is 5.35. The Morgan fingerprint density at radius 2 is 2.30 bits per heavy atom. The minimum absolute atomic E-state index is 0.224. The van der Waals surface area contributed by atoms with E-state index in [0.29, 0.717) is 31.0 Å². The lowest BCUT2D eigenvalue weighted by molar-refractivity contribution is -0.142. The van der Waals surface area contributed by atoms with Gasteiger partial charge in [-0.2, -0.15) is 0 Å². The summed E-state index contributed by atoms with van der Waals surface area (Å²) in [6.45, 7) is 4.45. The Hall–Kier alpha value is -2.11. The maximum atomic E-state index is 12.5. The van der Waals surface area contributed by atoms with Crippen molar-refractivity contribution in [1.29, 1.82) is 0 Å². The second-order valence-electron chi connectivity index (χ2n) is 4.76. The van der Waals surface area contributed by atoms with E-state index in [2.05, 4.69) is 4.98 Å². The summed E-state index contributed by atoms with van der Waals surface area (Å²) in [6.07, 6.45) is 2.04. The molecule has 1 aromatic heterocycles. The van der Waals surface area contributed by atoms with Crippen molar-refractivity contribution in [1.82, 2.24) is 9.88 Å². The first-order valence-corrected chi connectivity index (χ1v) is 6.67. The van der Waals surface area contributed by atoms with Crippen LogP contribution in [-0.2, 0) is 4.79 Å². The summed E-state index contributed by atoms with van der Waals surface area (Å²) in [5.74, 6) is -1.29. The van der Waals surface area contributed by atoms with Crippen LogP contribution in [0.15, 0.2) is 18.3 Å². The van der Waals surface area contributed by atoms with Gasteiger partial charge in [-0.3, -0.25) is 9.59 Å². The van der Waals surface area contributed by atoms with Crippen LogP contribution in [0, 0.1) is 5.92 Å². The van der Waals surface area contributed by atoms with Crippen molar-refractivity contribution in [3.05, 3.63) is 23.9 Å². The lowest BCUT2D eigenvalue weighted by Crippen LogP contribution is -2.37. The first-order valence-electron chi connectivity index (χ1n) is 6.67. The van der Waals surface area contributed by atoms with E-state index in [0.717, 1.165) is 0 Å². The van der Waals surface area contributed by atoms with Crippen LogP contribution < -0.4 is 4.74 Å². The van der Waals surface area contributed by atoms with Crippen LogP contribution in [0.4, 0.5) is 0 Å². The minimum atomic E-state index is -0.857. The molecular weight excluding hydrogens is 260 g/mol. The highest BCUT2D eigenvalue weighted by atomic mass is 16.5. The van der Waals surface area contributed by atoms with Gasteiger partial charge in [0.25, 0.3) is 5.91 Å². The molecule has 2 atom stereocenters. The summed E-state index contributed by atoms with van der Waals surface area (Å²) in [4.78, 5) is 29.3. The number of hydrogen-bond acceptors (Lipinski definition) is 4. The topological polar surface area (TPSA) is 79.7 Å². The van der Waals surface area contributed by atoms with Gasteiger partial charge in [-0.25, -0.2) is 4.98 Å². The molecule has 1 fully saturated rings. The summed E-state index contributed by atoms with van der Waals surface area (Å²) in [5.41, 5.74) is 0.382. The molecule has 0 aliphatic carbocycles. The molecule has 1 aliphatic heterocycles. The van der Waals surface area contributed by atoms with Crippen LogP contribution in [0.25, 0.3) is 0 Å². The zero-order valence-corrected chi connectivity index (χ0v) is 11.6. The molecule has 20 heavy (non-hydrogen) atoms. The highest BCUT2D eigenvalue weighted by Crippen LogP contribution is 2.27. The SMILES string of the molecule is CCOc1ncccc1C(=O)N1CCC(C(=O)O)C1C. The Labute approximate surface area is 117 Å². The van der Waals surface area contributed by atoms with E-state index in [-0.39, 0.29) is 11.9 Å². The third-order valence-corrected chi connectivity index (χ3v) is 3.62. The zero-order chi connectivity index (χ0) is 14.7. The molecule has 0 saturated carbocycles. The molecule has 108 valence electrons. The van der Waals surface area contributed by atoms with E-state index in [1.165, 1.54) is 0 Å². The van der Waals surface area contributed by atoms with Crippen LogP contribution in [0.3, 0.4) is 0 Å². The second-order valence-corrected chi connectivity index (χ2v) is 4.76. The van der Waals surface area contributed by atoms with Gasteiger partial charge in [-0.15, -0.1) is 0 Å². The monoisotopic (exact) mass is 278 g/mol. The number of ether oxygens (including phenoxy) is 1. The molecule has 2 heterocycles. The van der Waals surface area contributed by atoms with Crippen LogP contribution in [0.1, 0.15) is 30.6 Å². The molecular formula is C14H18N2O4. The molecule has 1 N–H and O–H groups in total. The average molecular weight is 278 g/mol. The summed E-state index contributed by atoms with van der Waals surface area (Å²) >= 11 is 0. The number of hydrogen-bond donors (Lipinski definition) is 1. The van der Waals surface area contributed by atoms with Crippen molar-refractivity contribution >= 4 is 11.9 Å². The fraction of sp³-hybridized carbons (Fsp3) is 0.500. The van der Waals surface area contributed by atoms with Gasteiger partial charge in [-0.1, -0.05) is 0 Å². The highest BCUT2D eigenvalue weighted by Gasteiger charge is 2.39. The lowest BCUT2D eigenvalue weighted by Gasteiger charge is -2.23. The quantitative estimate of drug-likeness (QED) is 0.901. The van der Waals surface area contributed by atoms with Gasteiger partial charge in [-0.05, 0) is 32.4 Å². The Morgan fingerprint density at radius 1 is 1.55 bits per heavy atom. The maximum Gasteiger partial charge on any atom is 0.308 e. The van der Waals surface area contributed by atoms with E-state index in [9.17, 15) is 9.59 Å². The van der Waals surface area contributed by atoms with Crippen LogP contribution in [0.5, 0.6) is 5.88 Å². The number of carboxylic acids is 1. The molecule has 0 spiro atoms. The number of carbonyl (C=O) groups is 2. The number of carboxylic acid groups (broad SMARTS) is 1. The number of rotatable bonds is 4. The van der Waals surface area contributed by atoms with Crippen LogP contribution in [-0.4, -0.2) is 46.1 Å². The van der Waals surface area contributed by atoms with Gasteiger partial charge in [0.2, 0.25) is 5.88 Å². The van der Waals surface area contributed by atoms with Crippen molar-refractivity contribution in [2.45, 2.75) is 26.3 Å². The molecule has 6 heteroatoms. The van der Waals surface area contributed by atoms with Crippen LogP contribution >= 0.6 is 0 Å².